The first-order valence-corrected chi connectivity index (χ1v) is 7.39. The summed E-state index contributed by atoms with van der Waals surface area (Å²) in [5, 5.41) is 10.7. The molecule has 0 aromatic heterocycles. The molecule has 3 N–H and O–H groups in total. The predicted molar refractivity (Wildman–Crippen MR) is 70.4 cm³/mol. The average molecular weight is 358 g/mol. The molecule has 0 fully saturated rings. The van der Waals surface area contributed by atoms with Gasteiger partial charge in [-0.05, 0) is 18.2 Å². The molecule has 0 aliphatic heterocycles. The van der Waals surface area contributed by atoms with Crippen molar-refractivity contribution in [3.8, 4) is 0 Å². The van der Waals surface area contributed by atoms with Crippen molar-refractivity contribution in [2.45, 2.75) is 4.90 Å². The van der Waals surface area contributed by atoms with Crippen molar-refractivity contribution in [1.29, 1.82) is 0 Å². The molecule has 1 aromatic carbocycles. The van der Waals surface area contributed by atoms with E-state index < -0.39 is 16.1 Å². The minimum Gasteiger partial charge on any atom is -0.465 e. The molecule has 0 saturated heterocycles. The number of sulfonamides is 1. The summed E-state index contributed by atoms with van der Waals surface area (Å²) in [4.78, 5) is 10.2. The molecule has 9 heteroatoms. The summed E-state index contributed by atoms with van der Waals surface area (Å²) >= 11 is 8.89. The van der Waals surface area contributed by atoms with E-state index in [0.717, 1.165) is 0 Å². The van der Waals surface area contributed by atoms with Crippen LogP contribution in [-0.4, -0.2) is 32.7 Å². The van der Waals surface area contributed by atoms with E-state index in [-0.39, 0.29) is 23.0 Å². The maximum absolute atomic E-state index is 11.8. The highest BCUT2D eigenvalue weighted by Gasteiger charge is 2.14. The van der Waals surface area contributed by atoms with E-state index >= 15 is 0 Å². The summed E-state index contributed by atoms with van der Waals surface area (Å²) in [5.74, 6) is 0. The topological polar surface area (TPSA) is 95.5 Å². The van der Waals surface area contributed by atoms with Crippen LogP contribution in [0.25, 0.3) is 0 Å². The van der Waals surface area contributed by atoms with Crippen molar-refractivity contribution in [3.05, 3.63) is 27.7 Å². The number of amides is 1. The second kappa shape index (κ2) is 6.37. The lowest BCUT2D eigenvalue weighted by Gasteiger charge is -2.07. The Kier molecular flexibility index (Phi) is 5.39. The van der Waals surface area contributed by atoms with Crippen molar-refractivity contribution >= 4 is 43.6 Å². The molecule has 1 amide bonds. The molecule has 0 saturated carbocycles. The average Bonchev–Trinajstić information content (AvgIpc) is 2.23. The number of nitrogens with one attached hydrogen (secondary N) is 2. The zero-order chi connectivity index (χ0) is 13.8. The Morgan fingerprint density at radius 2 is 2.00 bits per heavy atom. The summed E-state index contributed by atoms with van der Waals surface area (Å²) in [6, 6.07) is 4.27. The van der Waals surface area contributed by atoms with Crippen molar-refractivity contribution < 1.29 is 18.3 Å². The number of hydrogen-bond acceptors (Lipinski definition) is 3. The van der Waals surface area contributed by atoms with Crippen molar-refractivity contribution in [3.63, 3.8) is 0 Å². The number of hydrogen-bond donors (Lipinski definition) is 3. The first kappa shape index (κ1) is 15.2. The third-order valence-electron chi connectivity index (χ3n) is 1.84. The molecule has 0 atom stereocenters. The van der Waals surface area contributed by atoms with E-state index in [0.29, 0.717) is 4.47 Å². The summed E-state index contributed by atoms with van der Waals surface area (Å²) in [6.45, 7) is -0.0605. The molecule has 1 rings (SSSR count). The van der Waals surface area contributed by atoms with Gasteiger partial charge in [-0.1, -0.05) is 27.5 Å². The maximum Gasteiger partial charge on any atom is 0.404 e. The summed E-state index contributed by atoms with van der Waals surface area (Å²) in [7, 11) is -3.70. The number of halogens is 2. The van der Waals surface area contributed by atoms with E-state index in [4.69, 9.17) is 16.7 Å². The molecule has 0 aliphatic carbocycles. The van der Waals surface area contributed by atoms with Gasteiger partial charge in [0, 0.05) is 22.6 Å². The molecule has 1 aromatic rings. The fourth-order valence-corrected chi connectivity index (χ4v) is 3.30. The number of carbonyl (C=O) groups is 1. The maximum atomic E-state index is 11.8. The van der Waals surface area contributed by atoms with Gasteiger partial charge in [0.25, 0.3) is 0 Å². The first-order valence-electron chi connectivity index (χ1n) is 4.74. The van der Waals surface area contributed by atoms with E-state index in [1.54, 1.807) is 6.07 Å². The predicted octanol–water partition coefficient (Wildman–Crippen LogP) is 1.65. The van der Waals surface area contributed by atoms with Gasteiger partial charge in [-0.15, -0.1) is 0 Å². The lowest BCUT2D eigenvalue weighted by Crippen LogP contribution is -2.33. The molecule has 6 nitrogen and oxygen atoms in total. The van der Waals surface area contributed by atoms with E-state index in [1.165, 1.54) is 12.1 Å². The van der Waals surface area contributed by atoms with Crippen LogP contribution < -0.4 is 10.0 Å². The van der Waals surface area contributed by atoms with Crippen molar-refractivity contribution in [2.75, 3.05) is 13.1 Å². The smallest absolute Gasteiger partial charge is 0.404 e. The molecule has 0 spiro atoms. The summed E-state index contributed by atoms with van der Waals surface area (Å²) in [6.07, 6.45) is -1.21. The molecule has 0 heterocycles. The molecule has 0 radical (unpaired) electrons. The number of carboxylic acid groups (broad SMARTS) is 1. The van der Waals surface area contributed by atoms with Crippen LogP contribution in [-0.2, 0) is 10.0 Å². The van der Waals surface area contributed by atoms with Crippen LogP contribution in [0.4, 0.5) is 4.79 Å². The Morgan fingerprint density at radius 1 is 1.33 bits per heavy atom. The molecule has 0 bridgehead atoms. The molecule has 100 valence electrons. The van der Waals surface area contributed by atoms with Gasteiger partial charge in [0.05, 0.1) is 4.90 Å². The fraction of sp³-hybridized carbons (Fsp3) is 0.222. The second-order valence-corrected chi connectivity index (χ2v) is 6.35. The Bertz CT molecular complexity index is 529. The highest BCUT2D eigenvalue weighted by Crippen LogP contribution is 2.22. The van der Waals surface area contributed by atoms with Crippen LogP contribution in [0.3, 0.4) is 0 Å². The van der Waals surface area contributed by atoms with E-state index in [1.807, 2.05) is 5.32 Å². The van der Waals surface area contributed by atoms with Gasteiger partial charge in [0.2, 0.25) is 10.0 Å². The lowest BCUT2D eigenvalue weighted by atomic mass is 10.4. The summed E-state index contributed by atoms with van der Waals surface area (Å²) in [5.41, 5.74) is 0. The quantitative estimate of drug-likeness (QED) is 0.698. The Labute approximate surface area is 118 Å². The molecule has 0 aliphatic rings. The van der Waals surface area contributed by atoms with E-state index in [2.05, 4.69) is 20.7 Å². The zero-order valence-electron chi connectivity index (χ0n) is 8.98. The van der Waals surface area contributed by atoms with Crippen LogP contribution >= 0.6 is 27.5 Å². The van der Waals surface area contributed by atoms with Gasteiger partial charge in [-0.3, -0.25) is 0 Å². The Hall–Kier alpha value is -0.830. The van der Waals surface area contributed by atoms with Gasteiger partial charge in [-0.25, -0.2) is 17.9 Å². The van der Waals surface area contributed by atoms with Crippen LogP contribution in [0, 0.1) is 0 Å². The monoisotopic (exact) mass is 356 g/mol. The van der Waals surface area contributed by atoms with E-state index in [9.17, 15) is 13.2 Å². The molecule has 0 unspecified atom stereocenters. The SMILES string of the molecule is O=C(O)NCCNS(=O)(=O)c1cc(Cl)cc(Br)c1. The van der Waals surface area contributed by atoms with Crippen LogP contribution in [0.1, 0.15) is 0 Å². The number of benzene rings is 1. The Morgan fingerprint density at radius 3 is 2.56 bits per heavy atom. The molecular formula is C9H10BrClN2O4S. The van der Waals surface area contributed by atoms with Crippen molar-refractivity contribution in [2.24, 2.45) is 0 Å². The minimum atomic E-state index is -3.70. The lowest BCUT2D eigenvalue weighted by molar-refractivity contribution is 0.194. The van der Waals surface area contributed by atoms with Crippen LogP contribution in [0.2, 0.25) is 5.02 Å². The Balaban J connectivity index is 2.71. The molecule has 18 heavy (non-hydrogen) atoms. The number of rotatable bonds is 5. The largest absolute Gasteiger partial charge is 0.465 e. The van der Waals surface area contributed by atoms with Gasteiger partial charge in [0.15, 0.2) is 0 Å². The zero-order valence-corrected chi connectivity index (χ0v) is 12.1. The van der Waals surface area contributed by atoms with Gasteiger partial charge < -0.3 is 10.4 Å². The van der Waals surface area contributed by atoms with Gasteiger partial charge in [-0.2, -0.15) is 0 Å². The minimum absolute atomic E-state index is 0.0113. The van der Waals surface area contributed by atoms with Crippen LogP contribution in [0.15, 0.2) is 27.6 Å². The summed E-state index contributed by atoms with van der Waals surface area (Å²) < 4.78 is 26.4. The third kappa shape index (κ3) is 4.81. The highest BCUT2D eigenvalue weighted by atomic mass is 79.9. The second-order valence-electron chi connectivity index (χ2n) is 3.23. The van der Waals surface area contributed by atoms with Gasteiger partial charge >= 0.3 is 6.09 Å². The van der Waals surface area contributed by atoms with Crippen molar-refractivity contribution in [1.82, 2.24) is 10.0 Å². The van der Waals surface area contributed by atoms with Gasteiger partial charge in [0.1, 0.15) is 0 Å². The van der Waals surface area contributed by atoms with Crippen LogP contribution in [0.5, 0.6) is 0 Å². The fourth-order valence-electron chi connectivity index (χ4n) is 1.12. The first-order chi connectivity index (χ1) is 8.31. The third-order valence-corrected chi connectivity index (χ3v) is 3.96. The molecular weight excluding hydrogens is 348 g/mol. The standard InChI is InChI=1S/C9H10BrClN2O4S/c10-6-3-7(11)5-8(4-6)18(16,17)13-2-1-12-9(14)15/h3-5,12-13H,1-2H2,(H,14,15). The highest BCUT2D eigenvalue weighted by molar-refractivity contribution is 9.10. The normalized spacial score (nSPS) is 11.2.